The number of hydrazone groups is 1. The molecule has 1 aromatic rings. The number of hydrogen-bond donors (Lipinski definition) is 2. The van der Waals surface area contributed by atoms with E-state index >= 15 is 0 Å². The Labute approximate surface area is 234 Å². The van der Waals surface area contributed by atoms with Crippen LogP contribution in [0.2, 0.25) is 0 Å². The van der Waals surface area contributed by atoms with Gasteiger partial charge in [0.2, 0.25) is 0 Å². The lowest BCUT2D eigenvalue weighted by Crippen LogP contribution is -2.55. The van der Waals surface area contributed by atoms with Gasteiger partial charge in [0.25, 0.3) is 11.8 Å². The van der Waals surface area contributed by atoms with E-state index in [0.717, 1.165) is 4.90 Å². The van der Waals surface area contributed by atoms with Crippen LogP contribution in [0.3, 0.4) is 0 Å². The molecular weight excluding hydrogens is 518 g/mol. The van der Waals surface area contributed by atoms with Gasteiger partial charge in [0.15, 0.2) is 0 Å². The molecule has 0 bridgehead atoms. The molecule has 0 aliphatic carbocycles. The van der Waals surface area contributed by atoms with Gasteiger partial charge in [0.1, 0.15) is 16.7 Å². The van der Waals surface area contributed by atoms with Crippen molar-refractivity contribution in [1.82, 2.24) is 20.5 Å². The second-order valence-electron chi connectivity index (χ2n) is 11.9. The first-order valence-corrected chi connectivity index (χ1v) is 13.4. The summed E-state index contributed by atoms with van der Waals surface area (Å²) in [5.41, 5.74) is 1.17. The van der Waals surface area contributed by atoms with Crippen molar-refractivity contribution in [3.8, 4) is 0 Å². The lowest BCUT2D eigenvalue weighted by Gasteiger charge is -2.37. The maximum Gasteiger partial charge on any atom is 0.428 e. The number of likely N-dealkylation sites (tertiary alicyclic amines) is 1. The van der Waals surface area contributed by atoms with E-state index < -0.39 is 28.9 Å². The number of nitrogens with one attached hydrogen (secondary N) is 2. The molecule has 2 saturated heterocycles. The van der Waals surface area contributed by atoms with Gasteiger partial charge < -0.3 is 19.7 Å². The third kappa shape index (κ3) is 8.27. The van der Waals surface area contributed by atoms with E-state index in [1.807, 2.05) is 0 Å². The summed E-state index contributed by atoms with van der Waals surface area (Å²) >= 11 is 0. The van der Waals surface area contributed by atoms with Crippen LogP contribution in [0.5, 0.6) is 0 Å². The summed E-state index contributed by atoms with van der Waals surface area (Å²) < 4.78 is 10.4. The molecule has 2 N–H and O–H groups in total. The first kappa shape index (κ1) is 30.6. The maximum absolute atomic E-state index is 13.2. The van der Waals surface area contributed by atoms with Crippen LogP contribution in [0.4, 0.5) is 9.59 Å². The van der Waals surface area contributed by atoms with Crippen LogP contribution in [-0.2, 0) is 19.1 Å². The van der Waals surface area contributed by atoms with Crippen LogP contribution in [0.1, 0.15) is 83.1 Å². The van der Waals surface area contributed by atoms with Crippen molar-refractivity contribution in [2.24, 2.45) is 5.10 Å². The number of ether oxygens (including phenoxy) is 2. The van der Waals surface area contributed by atoms with Crippen molar-refractivity contribution < 1.29 is 33.4 Å². The summed E-state index contributed by atoms with van der Waals surface area (Å²) in [5, 5.41) is 6.67. The van der Waals surface area contributed by atoms with Crippen LogP contribution in [0, 0.1) is 0 Å². The number of nitrogens with zero attached hydrogens (tertiary/aromatic N) is 3. The molecule has 40 heavy (non-hydrogen) atoms. The second kappa shape index (κ2) is 12.1. The minimum atomic E-state index is -1.04. The van der Waals surface area contributed by atoms with Gasteiger partial charge in [-0.1, -0.05) is 12.1 Å². The third-order valence-electron chi connectivity index (χ3n) is 6.26. The molecule has 2 heterocycles. The lowest BCUT2D eigenvalue weighted by atomic mass is 9.87. The van der Waals surface area contributed by atoms with E-state index in [-0.39, 0.29) is 30.7 Å². The Balaban J connectivity index is 1.49. The molecule has 1 spiro atoms. The highest BCUT2D eigenvalue weighted by molar-refractivity contribution is 6.07. The van der Waals surface area contributed by atoms with Crippen molar-refractivity contribution in [2.75, 3.05) is 19.6 Å². The summed E-state index contributed by atoms with van der Waals surface area (Å²) in [5.74, 6) is -0.882. The molecular formula is C28H39N5O7. The Bertz CT molecular complexity index is 1160. The Morgan fingerprint density at radius 1 is 1.00 bits per heavy atom. The van der Waals surface area contributed by atoms with Gasteiger partial charge in [-0.2, -0.15) is 5.10 Å². The predicted octanol–water partition coefficient (Wildman–Crippen LogP) is 3.19. The molecule has 12 nitrogen and oxygen atoms in total. The lowest BCUT2D eigenvalue weighted by molar-refractivity contribution is -0.155. The van der Waals surface area contributed by atoms with Crippen LogP contribution < -0.4 is 10.7 Å². The molecule has 0 unspecified atom stereocenters. The molecule has 0 aromatic heterocycles. The smallest absolute Gasteiger partial charge is 0.428 e. The minimum Gasteiger partial charge on any atom is -0.460 e. The van der Waals surface area contributed by atoms with Gasteiger partial charge in [-0.25, -0.2) is 15.0 Å². The third-order valence-corrected chi connectivity index (χ3v) is 6.26. The Morgan fingerprint density at radius 2 is 1.60 bits per heavy atom. The zero-order valence-corrected chi connectivity index (χ0v) is 24.0. The van der Waals surface area contributed by atoms with Crippen molar-refractivity contribution >= 4 is 36.1 Å². The SMILES string of the molecule is CC(C)(C)OC(=O)CCCN1C(=O)NC2(CCN(C(=O)c3ccc(C=NNC(=O)OC(C)(C)C)cc3)CC2)C1=O. The summed E-state index contributed by atoms with van der Waals surface area (Å²) in [4.78, 5) is 65.2. The summed E-state index contributed by atoms with van der Waals surface area (Å²) in [7, 11) is 0. The van der Waals surface area contributed by atoms with Crippen molar-refractivity contribution in [2.45, 2.75) is 84.0 Å². The molecule has 0 atom stereocenters. The normalized spacial score (nSPS) is 17.2. The molecule has 2 aliphatic heterocycles. The fraction of sp³-hybridized carbons (Fsp3) is 0.571. The van der Waals surface area contributed by atoms with Crippen LogP contribution in [-0.4, -0.2) is 82.3 Å². The van der Waals surface area contributed by atoms with Crippen molar-refractivity contribution in [3.05, 3.63) is 35.4 Å². The maximum atomic E-state index is 13.2. The number of imide groups is 1. The number of hydrogen-bond acceptors (Lipinski definition) is 8. The predicted molar refractivity (Wildman–Crippen MR) is 147 cm³/mol. The molecule has 3 rings (SSSR count). The number of piperidine rings is 1. The molecule has 0 radical (unpaired) electrons. The zero-order valence-electron chi connectivity index (χ0n) is 24.0. The highest BCUT2D eigenvalue weighted by atomic mass is 16.6. The Hall–Kier alpha value is -3.96. The monoisotopic (exact) mass is 557 g/mol. The van der Waals surface area contributed by atoms with Crippen LogP contribution >= 0.6 is 0 Å². The molecule has 2 aliphatic rings. The van der Waals surface area contributed by atoms with Gasteiger partial charge in [-0.3, -0.25) is 19.3 Å². The molecule has 5 amide bonds. The number of benzene rings is 1. The van der Waals surface area contributed by atoms with E-state index in [1.54, 1.807) is 70.7 Å². The number of carbonyl (C=O) groups is 5. The fourth-order valence-corrected chi connectivity index (χ4v) is 4.44. The molecule has 2 fully saturated rings. The minimum absolute atomic E-state index is 0.106. The Morgan fingerprint density at radius 3 is 2.17 bits per heavy atom. The summed E-state index contributed by atoms with van der Waals surface area (Å²) in [6.45, 7) is 11.3. The van der Waals surface area contributed by atoms with Gasteiger partial charge in [-0.05, 0) is 78.5 Å². The summed E-state index contributed by atoms with van der Waals surface area (Å²) in [6, 6.07) is 6.25. The van der Waals surface area contributed by atoms with Gasteiger partial charge >= 0.3 is 18.1 Å². The van der Waals surface area contributed by atoms with E-state index in [0.29, 0.717) is 43.5 Å². The number of carbonyl (C=O) groups excluding carboxylic acids is 5. The average Bonchev–Trinajstić information content (AvgIpc) is 3.06. The van der Waals surface area contributed by atoms with Crippen molar-refractivity contribution in [3.63, 3.8) is 0 Å². The molecule has 12 heteroatoms. The number of amides is 5. The van der Waals surface area contributed by atoms with Crippen LogP contribution in [0.15, 0.2) is 29.4 Å². The van der Waals surface area contributed by atoms with Gasteiger partial charge in [0, 0.05) is 31.6 Å². The average molecular weight is 558 g/mol. The number of esters is 1. The fourth-order valence-electron chi connectivity index (χ4n) is 4.44. The number of urea groups is 1. The van der Waals surface area contributed by atoms with E-state index in [4.69, 9.17) is 9.47 Å². The van der Waals surface area contributed by atoms with Gasteiger partial charge in [-0.15, -0.1) is 0 Å². The molecule has 1 aromatic carbocycles. The number of rotatable bonds is 7. The quantitative estimate of drug-likeness (QED) is 0.226. The van der Waals surface area contributed by atoms with Gasteiger partial charge in [0.05, 0.1) is 6.21 Å². The largest absolute Gasteiger partial charge is 0.460 e. The second-order valence-corrected chi connectivity index (χ2v) is 11.9. The Kier molecular flexibility index (Phi) is 9.21. The molecule has 218 valence electrons. The zero-order chi connectivity index (χ0) is 29.7. The first-order valence-electron chi connectivity index (χ1n) is 13.4. The van der Waals surface area contributed by atoms with Crippen molar-refractivity contribution in [1.29, 1.82) is 0 Å². The summed E-state index contributed by atoms with van der Waals surface area (Å²) in [6.07, 6.45) is 1.79. The highest BCUT2D eigenvalue weighted by Crippen LogP contribution is 2.30. The highest BCUT2D eigenvalue weighted by Gasteiger charge is 2.52. The first-order chi connectivity index (χ1) is 18.6. The van der Waals surface area contributed by atoms with E-state index in [9.17, 15) is 24.0 Å². The standard InChI is InChI=1S/C28H39N5O7/c1-26(2,3)39-21(34)8-7-15-33-23(36)28(30-24(33)37)13-16-32(17-14-28)22(35)20-11-9-19(10-12-20)18-29-31-25(38)40-27(4,5)6/h9-12,18H,7-8,13-17H2,1-6H3,(H,30,37)(H,31,38). The molecule has 0 saturated carbocycles. The van der Waals surface area contributed by atoms with Crippen LogP contribution in [0.25, 0.3) is 0 Å². The van der Waals surface area contributed by atoms with E-state index in [2.05, 4.69) is 15.8 Å². The topological polar surface area (TPSA) is 147 Å². The van der Waals surface area contributed by atoms with E-state index in [1.165, 1.54) is 6.21 Å².